The summed E-state index contributed by atoms with van der Waals surface area (Å²) in [5, 5.41) is 18.2. The SMILES string of the molecule is NCCCC[C@H](NCCNC(=O)CNC(=O)c1cc(SSc2cc(C(=O)NCC(=O)NCCN[C@@H](CCCCN)C(N)=O)cc3cccnc23)c2ncccc2c1)C(N)=O. The molecule has 0 aliphatic carbocycles. The van der Waals surface area contributed by atoms with Crippen LogP contribution < -0.4 is 54.8 Å². The summed E-state index contributed by atoms with van der Waals surface area (Å²) < 4.78 is 0. The highest BCUT2D eigenvalue weighted by molar-refractivity contribution is 8.76. The molecule has 14 N–H and O–H groups in total. The number of hydrogen-bond donors (Lipinski definition) is 10. The van der Waals surface area contributed by atoms with Crippen molar-refractivity contribution in [3.63, 3.8) is 0 Å². The molecule has 0 aliphatic rings. The van der Waals surface area contributed by atoms with Crippen molar-refractivity contribution in [1.82, 2.24) is 41.9 Å². The molecule has 4 aromatic rings. The number of nitrogens with two attached hydrogens (primary N) is 4. The van der Waals surface area contributed by atoms with Crippen LogP contribution in [0.4, 0.5) is 0 Å². The molecule has 0 saturated heterocycles. The molecule has 0 fully saturated rings. The molecular formula is C40H54N12O6S2. The Balaban J connectivity index is 1.35. The van der Waals surface area contributed by atoms with Crippen molar-refractivity contribution in [2.24, 2.45) is 22.9 Å². The van der Waals surface area contributed by atoms with Gasteiger partial charge in [0.05, 0.1) is 36.2 Å². The number of pyridine rings is 2. The van der Waals surface area contributed by atoms with Gasteiger partial charge in [-0.3, -0.25) is 38.7 Å². The minimum absolute atomic E-state index is 0.229. The molecule has 0 bridgehead atoms. The molecule has 6 amide bonds. The molecule has 322 valence electrons. The second-order valence-electron chi connectivity index (χ2n) is 13.7. The lowest BCUT2D eigenvalue weighted by molar-refractivity contribution is -0.121. The number of hydrogen-bond acceptors (Lipinski definition) is 14. The van der Waals surface area contributed by atoms with Gasteiger partial charge in [0, 0.05) is 70.3 Å². The summed E-state index contributed by atoms with van der Waals surface area (Å²) in [6.45, 7) is 1.61. The molecule has 4 rings (SSSR count). The zero-order valence-corrected chi connectivity index (χ0v) is 34.9. The van der Waals surface area contributed by atoms with E-state index in [1.807, 2.05) is 12.1 Å². The van der Waals surface area contributed by atoms with Crippen molar-refractivity contribution in [1.29, 1.82) is 0 Å². The van der Waals surface area contributed by atoms with E-state index in [0.717, 1.165) is 25.7 Å². The van der Waals surface area contributed by atoms with Gasteiger partial charge in [0.2, 0.25) is 23.6 Å². The van der Waals surface area contributed by atoms with Crippen molar-refractivity contribution in [2.45, 2.75) is 60.4 Å². The molecule has 0 saturated carbocycles. The number of benzene rings is 2. The Morgan fingerprint density at radius 2 is 0.983 bits per heavy atom. The number of carbonyl (C=O) groups is 6. The molecule has 60 heavy (non-hydrogen) atoms. The first-order valence-corrected chi connectivity index (χ1v) is 21.8. The highest BCUT2D eigenvalue weighted by atomic mass is 33.1. The average Bonchev–Trinajstić information content (AvgIpc) is 3.24. The lowest BCUT2D eigenvalue weighted by atomic mass is 10.1. The summed E-state index contributed by atoms with van der Waals surface area (Å²) in [7, 11) is 2.66. The molecule has 0 aliphatic heterocycles. The van der Waals surface area contributed by atoms with Crippen LogP contribution >= 0.6 is 21.6 Å². The Morgan fingerprint density at radius 1 is 0.567 bits per heavy atom. The largest absolute Gasteiger partial charge is 0.368 e. The molecule has 2 aromatic carbocycles. The van der Waals surface area contributed by atoms with Crippen LogP contribution in [0, 0.1) is 0 Å². The van der Waals surface area contributed by atoms with Gasteiger partial charge in [-0.1, -0.05) is 46.6 Å². The number of aromatic nitrogens is 2. The number of carbonyl (C=O) groups excluding carboxylic acids is 6. The predicted molar refractivity (Wildman–Crippen MR) is 234 cm³/mol. The van der Waals surface area contributed by atoms with Gasteiger partial charge in [-0.15, -0.1) is 0 Å². The number of primary amides is 2. The minimum atomic E-state index is -0.521. The smallest absolute Gasteiger partial charge is 0.251 e. The fourth-order valence-electron chi connectivity index (χ4n) is 6.02. The normalized spacial score (nSPS) is 12.1. The van der Waals surface area contributed by atoms with Gasteiger partial charge in [0.25, 0.3) is 11.8 Å². The van der Waals surface area contributed by atoms with Crippen LogP contribution in [0.3, 0.4) is 0 Å². The number of nitrogens with zero attached hydrogens (tertiary/aromatic N) is 2. The molecular weight excluding hydrogens is 809 g/mol. The molecule has 0 spiro atoms. The van der Waals surface area contributed by atoms with Crippen LogP contribution in [-0.2, 0) is 19.2 Å². The third-order valence-corrected chi connectivity index (χ3v) is 11.6. The molecule has 0 unspecified atom stereocenters. The summed E-state index contributed by atoms with van der Waals surface area (Å²) in [5.74, 6) is -2.68. The number of unbranched alkanes of at least 4 members (excludes halogenated alkanes) is 2. The Morgan fingerprint density at radius 3 is 1.37 bits per heavy atom. The fraction of sp³-hybridized carbons (Fsp3) is 0.400. The van der Waals surface area contributed by atoms with Gasteiger partial charge in [0.15, 0.2) is 0 Å². The molecule has 0 radical (unpaired) electrons. The first-order chi connectivity index (χ1) is 29.0. The zero-order chi connectivity index (χ0) is 43.3. The zero-order valence-electron chi connectivity index (χ0n) is 33.3. The van der Waals surface area contributed by atoms with E-state index in [-0.39, 0.29) is 26.2 Å². The van der Waals surface area contributed by atoms with E-state index in [4.69, 9.17) is 22.9 Å². The van der Waals surface area contributed by atoms with Gasteiger partial charge in [-0.25, -0.2) is 0 Å². The lowest BCUT2D eigenvalue weighted by Gasteiger charge is -2.15. The second-order valence-corrected chi connectivity index (χ2v) is 15.9. The maximum absolute atomic E-state index is 13.3. The molecule has 20 heteroatoms. The third-order valence-electron chi connectivity index (χ3n) is 9.16. The Bertz CT molecular complexity index is 1960. The van der Waals surface area contributed by atoms with E-state index in [2.05, 4.69) is 41.9 Å². The van der Waals surface area contributed by atoms with Crippen molar-refractivity contribution in [3.05, 3.63) is 72.1 Å². The van der Waals surface area contributed by atoms with Crippen molar-refractivity contribution in [2.75, 3.05) is 52.4 Å². The van der Waals surface area contributed by atoms with Gasteiger partial charge >= 0.3 is 0 Å². The fourth-order valence-corrected chi connectivity index (χ4v) is 8.35. The predicted octanol–water partition coefficient (Wildman–Crippen LogP) is 0.419. The minimum Gasteiger partial charge on any atom is -0.368 e. The van der Waals surface area contributed by atoms with Crippen LogP contribution in [-0.4, -0.2) is 110 Å². The van der Waals surface area contributed by atoms with Gasteiger partial charge < -0.3 is 54.8 Å². The van der Waals surface area contributed by atoms with Crippen LogP contribution in [0.5, 0.6) is 0 Å². The van der Waals surface area contributed by atoms with Crippen LogP contribution in [0.15, 0.2) is 70.7 Å². The average molecular weight is 863 g/mol. The first-order valence-electron chi connectivity index (χ1n) is 19.7. The van der Waals surface area contributed by atoms with Crippen LogP contribution in [0.1, 0.15) is 59.2 Å². The van der Waals surface area contributed by atoms with Crippen molar-refractivity contribution < 1.29 is 28.8 Å². The van der Waals surface area contributed by atoms with E-state index in [1.165, 1.54) is 21.6 Å². The molecule has 2 heterocycles. The maximum Gasteiger partial charge on any atom is 0.251 e. The Hall–Kier alpha value is -5.38. The van der Waals surface area contributed by atoms with Crippen molar-refractivity contribution in [3.8, 4) is 0 Å². The highest BCUT2D eigenvalue weighted by Crippen LogP contribution is 2.43. The Kier molecular flexibility index (Phi) is 19.9. The molecule has 2 aromatic heterocycles. The van der Waals surface area contributed by atoms with E-state index in [1.54, 1.807) is 48.8 Å². The maximum atomic E-state index is 13.3. The standard InChI is InChI=1S/C40H54N12O6S2/c41-11-3-1-9-29(37(43)55)45-15-17-47-33(53)23-51-39(57)27-19-25-7-5-13-49-35(25)31(21-27)59-60-32-22-28(20-26-8-6-14-50-36(26)32)40(58)52-24-34(54)48-18-16-46-30(38(44)56)10-2-4-12-42/h5-8,13-14,19-22,29-30,45-46H,1-4,9-12,15-18,23-24,41-42H2,(H2,43,55)(H2,44,56)(H,47,53)(H,48,54)(H,51,57)(H,52,58)/t29-,30-/m0/s1. The third kappa shape index (κ3) is 15.3. The van der Waals surface area contributed by atoms with E-state index >= 15 is 0 Å². The summed E-state index contributed by atoms with van der Waals surface area (Å²) in [6, 6.07) is 12.9. The monoisotopic (exact) mass is 862 g/mol. The second kappa shape index (κ2) is 25.3. The topological polar surface area (TPSA) is 304 Å². The van der Waals surface area contributed by atoms with E-state index < -0.39 is 47.5 Å². The summed E-state index contributed by atoms with van der Waals surface area (Å²) >= 11 is 0. The summed E-state index contributed by atoms with van der Waals surface area (Å²) in [6.07, 6.45) is 7.47. The van der Waals surface area contributed by atoms with Gasteiger partial charge in [-0.2, -0.15) is 0 Å². The van der Waals surface area contributed by atoms with Crippen LogP contribution in [0.25, 0.3) is 21.8 Å². The summed E-state index contributed by atoms with van der Waals surface area (Å²) in [4.78, 5) is 85.5. The number of amides is 6. The summed E-state index contributed by atoms with van der Waals surface area (Å²) in [5.41, 5.74) is 23.9. The molecule has 2 atom stereocenters. The van der Waals surface area contributed by atoms with Gasteiger partial charge in [-0.05, 0) is 75.2 Å². The Labute approximate surface area is 356 Å². The quantitative estimate of drug-likeness (QED) is 0.0287. The molecule has 18 nitrogen and oxygen atoms in total. The lowest BCUT2D eigenvalue weighted by Crippen LogP contribution is -2.45. The highest BCUT2D eigenvalue weighted by Gasteiger charge is 2.18. The van der Waals surface area contributed by atoms with E-state index in [9.17, 15) is 28.8 Å². The number of rotatable bonds is 27. The number of fused-ring (bicyclic) bond motifs is 2. The first kappa shape index (κ1) is 47.3. The number of nitrogens with one attached hydrogen (secondary N) is 6. The van der Waals surface area contributed by atoms with Crippen molar-refractivity contribution >= 4 is 78.8 Å². The van der Waals surface area contributed by atoms with Gasteiger partial charge in [0.1, 0.15) is 0 Å². The van der Waals surface area contributed by atoms with E-state index in [0.29, 0.717) is 81.7 Å². The van der Waals surface area contributed by atoms with Crippen LogP contribution in [0.2, 0.25) is 0 Å².